The van der Waals surface area contributed by atoms with Crippen molar-refractivity contribution in [3.63, 3.8) is 0 Å². The van der Waals surface area contributed by atoms with E-state index >= 15 is 0 Å². The maximum absolute atomic E-state index is 10.8. The Morgan fingerprint density at radius 2 is 0.591 bits per heavy atom. The number of nitriles is 2. The zero-order valence-corrected chi connectivity index (χ0v) is 37.4. The third kappa shape index (κ3) is 6.50. The predicted octanol–water partition coefficient (Wildman–Crippen LogP) is 16.3. The Morgan fingerprint density at radius 1 is 0.303 bits per heavy atom. The second kappa shape index (κ2) is 15.7. The lowest BCUT2D eigenvalue weighted by Gasteiger charge is -2.28. The topological polar surface area (TPSA) is 54.1 Å². The number of hydrogen-bond acceptors (Lipinski definition) is 4. The van der Waals surface area contributed by atoms with Crippen molar-refractivity contribution in [1.82, 2.24) is 0 Å². The molecule has 0 unspecified atom stereocenters. The van der Waals surface area contributed by atoms with Gasteiger partial charge in [-0.15, -0.1) is 0 Å². The normalized spacial score (nSPS) is 13.4. The fourth-order valence-electron chi connectivity index (χ4n) is 10.5. The zero-order chi connectivity index (χ0) is 45.2. The minimum absolute atomic E-state index is 0.322. The molecule has 0 amide bonds. The van der Waals surface area contributed by atoms with Crippen molar-refractivity contribution in [2.45, 2.75) is 38.5 Å². The van der Waals surface area contributed by atoms with Gasteiger partial charge in [0, 0.05) is 56.1 Å². The maximum Gasteiger partial charge on any atom is 0.0998 e. The van der Waals surface area contributed by atoms with E-state index in [0.29, 0.717) is 11.1 Å². The summed E-state index contributed by atoms with van der Waals surface area (Å²) in [7, 11) is 0. The molecule has 0 saturated heterocycles. The number of benzene rings is 9. The molecule has 0 bridgehead atoms. The first-order valence-electron chi connectivity index (χ1n) is 22.5. The van der Waals surface area contributed by atoms with Gasteiger partial charge < -0.3 is 9.80 Å². The molecule has 2 aliphatic carbocycles. The van der Waals surface area contributed by atoms with Gasteiger partial charge in [-0.1, -0.05) is 137 Å². The molecule has 11 rings (SSSR count). The molecule has 4 nitrogen and oxygen atoms in total. The van der Waals surface area contributed by atoms with Crippen molar-refractivity contribution in [2.75, 3.05) is 9.80 Å². The lowest BCUT2D eigenvalue weighted by Crippen LogP contribution is -2.16. The Bertz CT molecular complexity index is 3120. The molecule has 0 radical (unpaired) electrons. The molecular weight excluding hydrogens is 801 g/mol. The quantitative estimate of drug-likeness (QED) is 0.153. The van der Waals surface area contributed by atoms with Crippen LogP contribution in [0.4, 0.5) is 34.1 Å². The highest BCUT2D eigenvalue weighted by Crippen LogP contribution is 2.54. The molecule has 0 saturated carbocycles. The van der Waals surface area contributed by atoms with E-state index in [1.807, 2.05) is 36.4 Å². The van der Waals surface area contributed by atoms with Crippen molar-refractivity contribution in [2.24, 2.45) is 0 Å². The van der Waals surface area contributed by atoms with E-state index in [0.717, 1.165) is 56.4 Å². The van der Waals surface area contributed by atoms with Crippen LogP contribution in [0.25, 0.3) is 44.5 Å². The lowest BCUT2D eigenvalue weighted by molar-refractivity contribution is 0.660. The lowest BCUT2D eigenvalue weighted by atomic mass is 9.80. The molecule has 4 heteroatoms. The molecule has 66 heavy (non-hydrogen) atoms. The smallest absolute Gasteiger partial charge is 0.0998 e. The molecule has 0 atom stereocenters. The Morgan fingerprint density at radius 3 is 0.894 bits per heavy atom. The fourth-order valence-corrected chi connectivity index (χ4v) is 10.5. The summed E-state index contributed by atoms with van der Waals surface area (Å²) < 4.78 is 0. The summed E-state index contributed by atoms with van der Waals surface area (Å²) in [6.07, 6.45) is 0. The van der Waals surface area contributed by atoms with Crippen LogP contribution in [0.1, 0.15) is 61.1 Å². The third-order valence-electron chi connectivity index (χ3n) is 13.9. The van der Waals surface area contributed by atoms with Crippen LogP contribution in [0, 0.1) is 22.7 Å². The molecule has 0 aliphatic heterocycles. The van der Waals surface area contributed by atoms with Crippen LogP contribution in [0.3, 0.4) is 0 Å². The second-order valence-electron chi connectivity index (χ2n) is 18.4. The van der Waals surface area contributed by atoms with Crippen LogP contribution in [-0.4, -0.2) is 0 Å². The first kappa shape index (κ1) is 40.3. The first-order valence-corrected chi connectivity index (χ1v) is 22.5. The number of hydrogen-bond donors (Lipinski definition) is 0. The van der Waals surface area contributed by atoms with Crippen LogP contribution < -0.4 is 9.80 Å². The monoisotopic (exact) mass is 846 g/mol. The number of nitrogens with zero attached hydrogens (tertiary/aromatic N) is 4. The Hall–Kier alpha value is -8.44. The zero-order valence-electron chi connectivity index (χ0n) is 37.4. The van der Waals surface area contributed by atoms with Gasteiger partial charge in [0.1, 0.15) is 0 Å². The van der Waals surface area contributed by atoms with Gasteiger partial charge in [-0.3, -0.25) is 0 Å². The Kier molecular flexibility index (Phi) is 9.58. The van der Waals surface area contributed by atoms with E-state index in [4.69, 9.17) is 0 Å². The third-order valence-corrected chi connectivity index (χ3v) is 13.9. The van der Waals surface area contributed by atoms with Crippen LogP contribution in [0.2, 0.25) is 0 Å². The number of fused-ring (bicyclic) bond motifs is 6. The van der Waals surface area contributed by atoms with Crippen LogP contribution >= 0.6 is 0 Å². The summed E-state index contributed by atoms with van der Waals surface area (Å²) in [5.41, 5.74) is 20.1. The summed E-state index contributed by atoms with van der Waals surface area (Å²) in [6, 6.07) is 77.5. The Labute approximate surface area is 387 Å². The van der Waals surface area contributed by atoms with Gasteiger partial charge in [-0.05, 0) is 153 Å². The van der Waals surface area contributed by atoms with E-state index in [-0.39, 0.29) is 10.8 Å². The minimum atomic E-state index is -0.322. The van der Waals surface area contributed by atoms with E-state index in [2.05, 4.69) is 219 Å². The molecule has 9 aromatic rings. The SMILES string of the molecule is CC1(C)c2cc(-c3cc(C#N)c(-c4ccc5c(c4)C(C)(C)c4cc(N(c6ccccc6)c6ccccc6)ccc4-5)cc3C#N)ccc2-c2ccc(N(c3ccccc3)c3ccccc3)cc21. The van der Waals surface area contributed by atoms with Crippen molar-refractivity contribution < 1.29 is 0 Å². The molecule has 0 heterocycles. The van der Waals surface area contributed by atoms with E-state index < -0.39 is 0 Å². The van der Waals surface area contributed by atoms with Gasteiger partial charge in [-0.25, -0.2) is 0 Å². The summed E-state index contributed by atoms with van der Waals surface area (Å²) >= 11 is 0. The number of para-hydroxylation sites is 4. The van der Waals surface area contributed by atoms with Crippen LogP contribution in [0.5, 0.6) is 0 Å². The summed E-state index contributed by atoms with van der Waals surface area (Å²) in [5, 5.41) is 21.5. The van der Waals surface area contributed by atoms with Gasteiger partial charge in [0.05, 0.1) is 23.3 Å². The highest BCUT2D eigenvalue weighted by Gasteiger charge is 2.38. The van der Waals surface area contributed by atoms with E-state index in [9.17, 15) is 10.5 Å². The van der Waals surface area contributed by atoms with Crippen molar-refractivity contribution in [3.05, 3.63) is 240 Å². The van der Waals surface area contributed by atoms with Gasteiger partial charge in [-0.2, -0.15) is 10.5 Å². The average Bonchev–Trinajstić information content (AvgIpc) is 3.73. The molecule has 2 aliphatic rings. The largest absolute Gasteiger partial charge is 0.310 e. The van der Waals surface area contributed by atoms with Gasteiger partial charge in [0.15, 0.2) is 0 Å². The molecule has 9 aromatic carbocycles. The van der Waals surface area contributed by atoms with Gasteiger partial charge >= 0.3 is 0 Å². The fraction of sp³-hybridized carbons (Fsp3) is 0.0968. The van der Waals surface area contributed by atoms with E-state index in [1.54, 1.807) is 0 Å². The van der Waals surface area contributed by atoms with Gasteiger partial charge in [0.25, 0.3) is 0 Å². The molecule has 0 aromatic heterocycles. The summed E-state index contributed by atoms with van der Waals surface area (Å²) in [4.78, 5) is 4.61. The van der Waals surface area contributed by atoms with Gasteiger partial charge in [0.2, 0.25) is 0 Å². The highest BCUT2D eigenvalue weighted by molar-refractivity contribution is 5.91. The average molecular weight is 847 g/mol. The number of anilines is 6. The van der Waals surface area contributed by atoms with Crippen molar-refractivity contribution >= 4 is 34.1 Å². The molecule has 314 valence electrons. The summed E-state index contributed by atoms with van der Waals surface area (Å²) in [6.45, 7) is 9.14. The molecule has 0 spiro atoms. The predicted molar refractivity (Wildman–Crippen MR) is 271 cm³/mol. The highest BCUT2D eigenvalue weighted by atomic mass is 15.1. The van der Waals surface area contributed by atoms with Crippen molar-refractivity contribution in [3.8, 4) is 56.6 Å². The second-order valence-corrected chi connectivity index (χ2v) is 18.4. The summed E-state index contributed by atoms with van der Waals surface area (Å²) in [5.74, 6) is 0. The number of rotatable bonds is 8. The van der Waals surface area contributed by atoms with Crippen LogP contribution in [-0.2, 0) is 10.8 Å². The van der Waals surface area contributed by atoms with Crippen LogP contribution in [0.15, 0.2) is 206 Å². The van der Waals surface area contributed by atoms with Crippen molar-refractivity contribution in [1.29, 1.82) is 10.5 Å². The Balaban J connectivity index is 0.939. The maximum atomic E-state index is 10.8. The molecule has 0 fully saturated rings. The molecule has 0 N–H and O–H groups in total. The molecular formula is C62H46N4. The minimum Gasteiger partial charge on any atom is -0.310 e. The van der Waals surface area contributed by atoms with E-state index in [1.165, 1.54) is 44.5 Å². The standard InChI is InChI=1S/C62H46N4/c1-61(2)57-35-41(25-29-51(57)53-31-27-49(37-59(53)61)65(45-17-9-5-10-18-45)46-19-11-6-12-20-46)55-33-44(40-64)56(34-43(55)39-63)42-26-30-52-54-32-28-50(38-60(54)62(3,4)58(52)36-42)66(47-21-13-7-14-22-47)48-23-15-8-16-24-48/h5-38H,1-4H3. The first-order chi connectivity index (χ1) is 32.1.